The summed E-state index contributed by atoms with van der Waals surface area (Å²) < 4.78 is 0. The highest BCUT2D eigenvalue weighted by molar-refractivity contribution is 5.86. The molecule has 8 heavy (non-hydrogen) atoms. The first kappa shape index (κ1) is 8.03. The number of quaternary nitrogens is 1. The highest BCUT2D eigenvalue weighted by Gasteiger charge is 2.12. The van der Waals surface area contributed by atoms with E-state index in [0.29, 0.717) is 6.54 Å². The number of hydrogen-bond donors (Lipinski definition) is 1. The smallest absolute Gasteiger partial charge is 0.305 e. The molecule has 0 saturated carbocycles. The Morgan fingerprint density at radius 1 is 1.88 bits per heavy atom. The minimum Gasteiger partial charge on any atom is -1.00 e. The predicted molar refractivity (Wildman–Crippen MR) is 25.3 cm³/mol. The van der Waals surface area contributed by atoms with Crippen LogP contribution < -0.4 is 28.9 Å². The minimum atomic E-state index is -0.0162. The van der Waals surface area contributed by atoms with Crippen LogP contribution in [0.4, 0.5) is 0 Å². The van der Waals surface area contributed by atoms with Gasteiger partial charge in [-0.1, -0.05) is 0 Å². The van der Waals surface area contributed by atoms with Gasteiger partial charge in [0, 0.05) is 0 Å². The summed E-state index contributed by atoms with van der Waals surface area (Å²) in [4.78, 5) is 14.8. The van der Waals surface area contributed by atoms with Gasteiger partial charge in [-0.25, -0.2) is 0 Å². The van der Waals surface area contributed by atoms with Crippen molar-refractivity contribution in [1.82, 2.24) is 0 Å². The van der Waals surface area contributed by atoms with Crippen molar-refractivity contribution in [2.24, 2.45) is 4.99 Å². The largest absolute Gasteiger partial charge is 1.00 e. The van der Waals surface area contributed by atoms with Crippen molar-refractivity contribution >= 4 is 12.2 Å². The van der Waals surface area contributed by atoms with Crippen LogP contribution in [0.15, 0.2) is 4.99 Å². The maximum atomic E-state index is 10.2. The molecule has 46 valence electrons. The Bertz CT molecular complexity index is 123. The van der Waals surface area contributed by atoms with Crippen LogP contribution in [0, 0.1) is 0 Å². The molecule has 0 saturated heterocycles. The zero-order chi connectivity index (χ0) is 5.28. The number of hydrogen-bond acceptors (Lipinski definition) is 1. The Hall–Kier alpha value is 0.0300. The summed E-state index contributed by atoms with van der Waals surface area (Å²) in [5, 5.41) is 0. The summed E-state index contributed by atoms with van der Waals surface area (Å²) in [5.74, 6) is -0.0162. The second-order valence-corrected chi connectivity index (χ2v) is 1.68. The Morgan fingerprint density at radius 3 is 2.62 bits per heavy atom. The molecule has 0 radical (unpaired) electrons. The molecule has 0 spiro atoms. The van der Waals surface area contributed by atoms with Crippen LogP contribution in [0.2, 0.25) is 0 Å². The Kier molecular flexibility index (Phi) is 3.15. The fourth-order valence-electron chi connectivity index (χ4n) is 0.512. The predicted octanol–water partition coefficient (Wildman–Crippen LogP) is -4.93. The number of carbonyl (C=O) groups excluding carboxylic acids is 1. The van der Waals surface area contributed by atoms with Crippen molar-refractivity contribution < 1.29 is 33.7 Å². The number of nitrogens with zero attached hydrogens (tertiary/aromatic N) is 1. The highest BCUT2D eigenvalue weighted by atomic mass is 127. The van der Waals surface area contributed by atoms with E-state index in [2.05, 4.69) is 4.99 Å². The fraction of sp³-hybridized carbons (Fsp3) is 0.500. The quantitative estimate of drug-likeness (QED) is 0.413. The van der Waals surface area contributed by atoms with Crippen molar-refractivity contribution in [1.29, 1.82) is 0 Å². The first-order valence-corrected chi connectivity index (χ1v) is 2.18. The van der Waals surface area contributed by atoms with E-state index in [1.807, 2.05) is 7.05 Å². The molecule has 4 heteroatoms. The van der Waals surface area contributed by atoms with Crippen LogP contribution in [0.5, 0.6) is 0 Å². The van der Waals surface area contributed by atoms with E-state index < -0.39 is 0 Å². The van der Waals surface area contributed by atoms with Gasteiger partial charge >= 0.3 is 5.91 Å². The number of nitrogens with one attached hydrogen (secondary N) is 1. The second kappa shape index (κ2) is 3.13. The molecule has 0 fully saturated rings. The maximum absolute atomic E-state index is 10.2. The Morgan fingerprint density at radius 2 is 2.50 bits per heavy atom. The SMILES string of the molecule is C[NH+]1C=NC(=O)C1.[I-]. The van der Waals surface area contributed by atoms with Gasteiger partial charge in [0.05, 0.1) is 7.05 Å². The second-order valence-electron chi connectivity index (χ2n) is 1.68. The lowest BCUT2D eigenvalue weighted by Gasteiger charge is -1.91. The van der Waals surface area contributed by atoms with E-state index >= 15 is 0 Å². The standard InChI is InChI=1S/C4H6N2O.HI/c1-6-2-4(7)5-3-6;/h3H,2H2,1H3;1H. The molecule has 1 heterocycles. The van der Waals surface area contributed by atoms with Crippen LogP contribution in [-0.2, 0) is 4.79 Å². The average molecular weight is 226 g/mol. The van der Waals surface area contributed by atoms with Gasteiger partial charge in [-0.2, -0.15) is 4.99 Å². The molecule has 3 nitrogen and oxygen atoms in total. The van der Waals surface area contributed by atoms with Gasteiger partial charge in [0.15, 0.2) is 12.9 Å². The first-order chi connectivity index (χ1) is 3.29. The van der Waals surface area contributed by atoms with Gasteiger partial charge in [-0.05, 0) is 0 Å². The Balaban J connectivity index is 0.000000490. The lowest BCUT2D eigenvalue weighted by molar-refractivity contribution is -0.760. The molecule has 0 aromatic heterocycles. The molecule has 0 bridgehead atoms. The summed E-state index contributed by atoms with van der Waals surface area (Å²) >= 11 is 0. The normalized spacial score (nSPS) is 25.6. The van der Waals surface area contributed by atoms with Gasteiger partial charge in [-0.15, -0.1) is 0 Å². The molecule has 1 aliphatic rings. The number of aliphatic imine (C=N–C) groups is 1. The van der Waals surface area contributed by atoms with Crippen molar-refractivity contribution in [3.05, 3.63) is 0 Å². The van der Waals surface area contributed by atoms with Gasteiger partial charge in [-0.3, -0.25) is 9.69 Å². The summed E-state index contributed by atoms with van der Waals surface area (Å²) in [6.07, 6.45) is 1.61. The Labute approximate surface area is 64.8 Å². The van der Waals surface area contributed by atoms with Crippen LogP contribution in [0.25, 0.3) is 0 Å². The monoisotopic (exact) mass is 226 g/mol. The number of rotatable bonds is 0. The molecule has 0 aliphatic carbocycles. The molecule has 1 N–H and O–H groups in total. The zero-order valence-electron chi connectivity index (χ0n) is 4.52. The van der Waals surface area contributed by atoms with Crippen LogP contribution >= 0.6 is 0 Å². The molecule has 1 rings (SSSR count). The molecule has 1 unspecified atom stereocenters. The molecule has 1 atom stereocenters. The zero-order valence-corrected chi connectivity index (χ0v) is 6.68. The van der Waals surface area contributed by atoms with Gasteiger partial charge in [0.25, 0.3) is 0 Å². The van der Waals surface area contributed by atoms with E-state index in [0.717, 1.165) is 4.90 Å². The fourth-order valence-corrected chi connectivity index (χ4v) is 0.512. The van der Waals surface area contributed by atoms with Gasteiger partial charge in [0.2, 0.25) is 0 Å². The summed E-state index contributed by atoms with van der Waals surface area (Å²) in [6, 6.07) is 0. The summed E-state index contributed by atoms with van der Waals surface area (Å²) in [6.45, 7) is 0.528. The van der Waals surface area contributed by atoms with Crippen LogP contribution in [0.1, 0.15) is 0 Å². The number of carbonyl (C=O) groups is 1. The number of likely N-dealkylation sites (N-methyl/N-ethyl adjacent to an activating group) is 1. The van der Waals surface area contributed by atoms with Crippen LogP contribution in [0.3, 0.4) is 0 Å². The third-order valence-corrected chi connectivity index (χ3v) is 0.859. The number of amides is 1. The van der Waals surface area contributed by atoms with E-state index in [-0.39, 0.29) is 29.9 Å². The molecule has 1 amide bonds. The molecule has 0 aromatic carbocycles. The summed E-state index contributed by atoms with van der Waals surface area (Å²) in [7, 11) is 1.90. The average Bonchev–Trinajstić information content (AvgIpc) is 1.87. The molecule has 1 aliphatic heterocycles. The maximum Gasteiger partial charge on any atom is 0.305 e. The van der Waals surface area contributed by atoms with Crippen molar-refractivity contribution in [3.8, 4) is 0 Å². The minimum absolute atomic E-state index is 0. The molecule has 0 aromatic rings. The van der Waals surface area contributed by atoms with E-state index in [9.17, 15) is 4.79 Å². The topological polar surface area (TPSA) is 33.9 Å². The van der Waals surface area contributed by atoms with E-state index in [4.69, 9.17) is 0 Å². The van der Waals surface area contributed by atoms with Crippen LogP contribution in [-0.4, -0.2) is 25.8 Å². The van der Waals surface area contributed by atoms with Crippen molar-refractivity contribution in [3.63, 3.8) is 0 Å². The lowest BCUT2D eigenvalue weighted by Crippen LogP contribution is -3.06. The van der Waals surface area contributed by atoms with Crippen molar-refractivity contribution in [2.75, 3.05) is 13.6 Å². The van der Waals surface area contributed by atoms with Crippen molar-refractivity contribution in [2.45, 2.75) is 0 Å². The summed E-state index contributed by atoms with van der Waals surface area (Å²) in [5.41, 5.74) is 0. The molecular weight excluding hydrogens is 219 g/mol. The van der Waals surface area contributed by atoms with E-state index in [1.54, 1.807) is 6.34 Å². The lowest BCUT2D eigenvalue weighted by atomic mass is 10.6. The number of halogens is 1. The third-order valence-electron chi connectivity index (χ3n) is 0.859. The highest BCUT2D eigenvalue weighted by Crippen LogP contribution is 1.68. The van der Waals surface area contributed by atoms with E-state index in [1.165, 1.54) is 0 Å². The van der Waals surface area contributed by atoms with Gasteiger partial charge in [0.1, 0.15) is 0 Å². The third kappa shape index (κ3) is 1.87. The van der Waals surface area contributed by atoms with Gasteiger partial charge < -0.3 is 24.0 Å². The molecular formula is C4H7IN2O. The first-order valence-electron chi connectivity index (χ1n) is 2.18.